The van der Waals surface area contributed by atoms with Gasteiger partial charge in [0.1, 0.15) is 10.6 Å². The highest BCUT2D eigenvalue weighted by Gasteiger charge is 2.29. The van der Waals surface area contributed by atoms with E-state index >= 15 is 0 Å². The van der Waals surface area contributed by atoms with Crippen molar-refractivity contribution >= 4 is 23.2 Å². The summed E-state index contributed by atoms with van der Waals surface area (Å²) < 4.78 is 5.22. The van der Waals surface area contributed by atoms with Gasteiger partial charge in [-0.25, -0.2) is 0 Å². The van der Waals surface area contributed by atoms with Gasteiger partial charge in [0, 0.05) is 25.6 Å². The van der Waals surface area contributed by atoms with Crippen molar-refractivity contribution in [2.24, 2.45) is 11.8 Å². The Morgan fingerprint density at radius 3 is 2.70 bits per heavy atom. The zero-order chi connectivity index (χ0) is 16.8. The number of carbonyl (C=O) groups is 2. The average Bonchev–Trinajstić information content (AvgIpc) is 3.02. The molecule has 1 aromatic rings. The van der Waals surface area contributed by atoms with Crippen molar-refractivity contribution < 1.29 is 14.3 Å². The minimum atomic E-state index is 0.00974. The van der Waals surface area contributed by atoms with Gasteiger partial charge in [-0.1, -0.05) is 13.8 Å². The van der Waals surface area contributed by atoms with Crippen LogP contribution in [0.4, 0.5) is 0 Å². The van der Waals surface area contributed by atoms with Crippen LogP contribution in [-0.4, -0.2) is 43.5 Å². The van der Waals surface area contributed by atoms with Crippen LogP contribution in [0.3, 0.4) is 0 Å². The zero-order valence-electron chi connectivity index (χ0n) is 14.1. The number of likely N-dealkylation sites (tertiary alicyclic amines) is 1. The lowest BCUT2D eigenvalue weighted by molar-refractivity contribution is -0.126. The van der Waals surface area contributed by atoms with Crippen LogP contribution < -0.4 is 10.1 Å². The van der Waals surface area contributed by atoms with E-state index in [0.717, 1.165) is 25.8 Å². The number of methoxy groups -OCH3 is 1. The van der Waals surface area contributed by atoms with E-state index in [0.29, 0.717) is 29.6 Å². The van der Waals surface area contributed by atoms with E-state index in [1.54, 1.807) is 7.11 Å². The first kappa shape index (κ1) is 17.8. The van der Waals surface area contributed by atoms with Crippen LogP contribution in [0.2, 0.25) is 0 Å². The fourth-order valence-electron chi connectivity index (χ4n) is 2.73. The molecular weight excluding hydrogens is 312 g/mol. The van der Waals surface area contributed by atoms with Gasteiger partial charge in [0.15, 0.2) is 0 Å². The van der Waals surface area contributed by atoms with Crippen molar-refractivity contribution in [3.63, 3.8) is 0 Å². The molecule has 6 heteroatoms. The van der Waals surface area contributed by atoms with Crippen molar-refractivity contribution in [1.29, 1.82) is 0 Å². The molecule has 1 fully saturated rings. The third-order valence-corrected chi connectivity index (χ3v) is 5.10. The lowest BCUT2D eigenvalue weighted by Gasteiger charge is -2.31. The van der Waals surface area contributed by atoms with E-state index in [1.807, 2.05) is 16.3 Å². The molecule has 2 heterocycles. The largest absolute Gasteiger partial charge is 0.495 e. The molecule has 0 aliphatic carbocycles. The average molecular weight is 338 g/mol. The molecule has 5 nitrogen and oxygen atoms in total. The standard InChI is InChI=1S/C17H26N2O3S/c1-12(2)4-8-18-16(20)13-5-9-19(10-6-13)17(21)15-14(22-3)7-11-23-15/h7,11-13H,4-6,8-10H2,1-3H3,(H,18,20). The fraction of sp³-hybridized carbons (Fsp3) is 0.647. The smallest absolute Gasteiger partial charge is 0.267 e. The van der Waals surface area contributed by atoms with Gasteiger partial charge < -0.3 is 15.0 Å². The van der Waals surface area contributed by atoms with E-state index in [1.165, 1.54) is 11.3 Å². The highest BCUT2D eigenvalue weighted by molar-refractivity contribution is 7.12. The summed E-state index contributed by atoms with van der Waals surface area (Å²) in [6, 6.07) is 1.81. The van der Waals surface area contributed by atoms with Crippen LogP contribution in [-0.2, 0) is 4.79 Å². The molecule has 1 aliphatic rings. The summed E-state index contributed by atoms with van der Waals surface area (Å²) in [7, 11) is 1.58. The fourth-order valence-corrected chi connectivity index (χ4v) is 3.56. The summed E-state index contributed by atoms with van der Waals surface area (Å²) in [5.74, 6) is 1.39. The molecule has 0 atom stereocenters. The van der Waals surface area contributed by atoms with Crippen LogP contribution in [0, 0.1) is 11.8 Å². The lowest BCUT2D eigenvalue weighted by atomic mass is 9.95. The Balaban J connectivity index is 1.81. The van der Waals surface area contributed by atoms with E-state index in [4.69, 9.17) is 4.74 Å². The normalized spacial score (nSPS) is 15.7. The Kier molecular flexibility index (Phi) is 6.45. The van der Waals surface area contributed by atoms with Gasteiger partial charge >= 0.3 is 0 Å². The molecule has 1 saturated heterocycles. The van der Waals surface area contributed by atoms with Crippen molar-refractivity contribution in [2.45, 2.75) is 33.1 Å². The van der Waals surface area contributed by atoms with Crippen LogP contribution >= 0.6 is 11.3 Å². The maximum atomic E-state index is 12.5. The molecule has 1 aliphatic heterocycles. The van der Waals surface area contributed by atoms with Gasteiger partial charge in [0.05, 0.1) is 7.11 Å². The minimum absolute atomic E-state index is 0.00974. The molecule has 2 amide bonds. The van der Waals surface area contributed by atoms with Gasteiger partial charge in [0.25, 0.3) is 5.91 Å². The lowest BCUT2D eigenvalue weighted by Crippen LogP contribution is -2.43. The number of thiophene rings is 1. The number of ether oxygens (including phenoxy) is 1. The number of hydrogen-bond acceptors (Lipinski definition) is 4. The molecule has 0 spiro atoms. The first-order valence-corrected chi connectivity index (χ1v) is 9.09. The first-order chi connectivity index (χ1) is 11.0. The maximum Gasteiger partial charge on any atom is 0.267 e. The van der Waals surface area contributed by atoms with Crippen molar-refractivity contribution in [1.82, 2.24) is 10.2 Å². The number of carbonyl (C=O) groups excluding carboxylic acids is 2. The maximum absolute atomic E-state index is 12.5. The Morgan fingerprint density at radius 2 is 2.09 bits per heavy atom. The zero-order valence-corrected chi connectivity index (χ0v) is 14.9. The summed E-state index contributed by atoms with van der Waals surface area (Å²) >= 11 is 1.40. The summed E-state index contributed by atoms with van der Waals surface area (Å²) in [6.45, 7) is 6.29. The van der Waals surface area contributed by atoms with Crippen molar-refractivity contribution in [2.75, 3.05) is 26.7 Å². The summed E-state index contributed by atoms with van der Waals surface area (Å²) in [5.41, 5.74) is 0. The molecule has 2 rings (SSSR count). The Morgan fingerprint density at radius 1 is 1.39 bits per heavy atom. The predicted molar refractivity (Wildman–Crippen MR) is 92.0 cm³/mol. The molecule has 0 bridgehead atoms. The van der Waals surface area contributed by atoms with E-state index in [-0.39, 0.29) is 17.7 Å². The number of rotatable bonds is 6. The Bertz CT molecular complexity index is 534. The molecule has 23 heavy (non-hydrogen) atoms. The monoisotopic (exact) mass is 338 g/mol. The summed E-state index contributed by atoms with van der Waals surface area (Å²) in [6.07, 6.45) is 2.46. The Hall–Kier alpha value is -1.56. The molecule has 0 saturated carbocycles. The Labute approximate surface area is 142 Å². The van der Waals surface area contributed by atoms with Gasteiger partial charge in [-0.3, -0.25) is 9.59 Å². The van der Waals surface area contributed by atoms with Gasteiger partial charge in [-0.15, -0.1) is 11.3 Å². The second-order valence-electron chi connectivity index (χ2n) is 6.36. The molecular formula is C17H26N2O3S. The van der Waals surface area contributed by atoms with Crippen LogP contribution in [0.25, 0.3) is 0 Å². The number of piperidine rings is 1. The molecule has 0 radical (unpaired) electrons. The third kappa shape index (κ3) is 4.70. The van der Waals surface area contributed by atoms with Gasteiger partial charge in [-0.05, 0) is 36.6 Å². The van der Waals surface area contributed by atoms with Gasteiger partial charge in [-0.2, -0.15) is 0 Å². The van der Waals surface area contributed by atoms with Crippen LogP contribution in [0.5, 0.6) is 5.75 Å². The quantitative estimate of drug-likeness (QED) is 0.868. The number of hydrogen-bond donors (Lipinski definition) is 1. The van der Waals surface area contributed by atoms with E-state index in [2.05, 4.69) is 19.2 Å². The second-order valence-corrected chi connectivity index (χ2v) is 7.27. The molecule has 128 valence electrons. The van der Waals surface area contributed by atoms with Gasteiger partial charge in [0.2, 0.25) is 5.91 Å². The van der Waals surface area contributed by atoms with E-state index < -0.39 is 0 Å². The van der Waals surface area contributed by atoms with Crippen LogP contribution in [0.15, 0.2) is 11.4 Å². The molecule has 0 aromatic carbocycles. The minimum Gasteiger partial charge on any atom is -0.495 e. The SMILES string of the molecule is COc1ccsc1C(=O)N1CCC(C(=O)NCCC(C)C)CC1. The second kappa shape index (κ2) is 8.34. The third-order valence-electron chi connectivity index (χ3n) is 4.22. The first-order valence-electron chi connectivity index (χ1n) is 8.21. The van der Waals surface area contributed by atoms with Crippen molar-refractivity contribution in [3.8, 4) is 5.75 Å². The number of amides is 2. The number of nitrogens with zero attached hydrogens (tertiary/aromatic N) is 1. The summed E-state index contributed by atoms with van der Waals surface area (Å²) in [5, 5.41) is 4.88. The highest BCUT2D eigenvalue weighted by atomic mass is 32.1. The molecule has 0 unspecified atom stereocenters. The van der Waals surface area contributed by atoms with Crippen LogP contribution in [0.1, 0.15) is 42.8 Å². The number of nitrogens with one attached hydrogen (secondary N) is 1. The summed E-state index contributed by atoms with van der Waals surface area (Å²) in [4.78, 5) is 27.1. The van der Waals surface area contributed by atoms with E-state index in [9.17, 15) is 9.59 Å². The van der Waals surface area contributed by atoms with Crippen molar-refractivity contribution in [3.05, 3.63) is 16.3 Å². The highest BCUT2D eigenvalue weighted by Crippen LogP contribution is 2.28. The molecule has 1 N–H and O–H groups in total. The predicted octanol–water partition coefficient (Wildman–Crippen LogP) is 2.77. The molecule has 1 aromatic heterocycles. The topological polar surface area (TPSA) is 58.6 Å².